The van der Waals surface area contributed by atoms with E-state index in [1.54, 1.807) is 18.2 Å². The van der Waals surface area contributed by atoms with Gasteiger partial charge in [0.25, 0.3) is 17.8 Å². The van der Waals surface area contributed by atoms with E-state index < -0.39 is 24.4 Å². The van der Waals surface area contributed by atoms with Crippen LogP contribution in [0.25, 0.3) is 22.2 Å². The van der Waals surface area contributed by atoms with Crippen LogP contribution in [0.4, 0.5) is 14.5 Å². The molecule has 2 aromatic carbocycles. The second kappa shape index (κ2) is 9.24. The fourth-order valence-corrected chi connectivity index (χ4v) is 4.59. The van der Waals surface area contributed by atoms with Crippen molar-refractivity contribution in [2.75, 3.05) is 11.3 Å². The molecule has 3 aromatic rings. The zero-order valence-electron chi connectivity index (χ0n) is 18.9. The van der Waals surface area contributed by atoms with Crippen molar-refractivity contribution >= 4 is 28.0 Å². The lowest BCUT2D eigenvalue weighted by molar-refractivity contribution is 0.0819. The molecule has 1 aliphatic carbocycles. The largest absolute Gasteiger partial charge is 0.488 e. The zero-order chi connectivity index (χ0) is 23.8. The van der Waals surface area contributed by atoms with E-state index in [1.165, 1.54) is 0 Å². The molecule has 1 aromatic heterocycles. The molecule has 1 fully saturated rings. The summed E-state index contributed by atoms with van der Waals surface area (Å²) in [4.78, 5) is 0. The van der Waals surface area contributed by atoms with E-state index in [0.29, 0.717) is 11.3 Å². The lowest BCUT2D eigenvalue weighted by Crippen LogP contribution is -2.33. The number of nitriles is 1. The molecular formula is C25H28F2N3O2S+. The first-order valence-electron chi connectivity index (χ1n) is 11.0. The molecule has 1 atom stereocenters. The second-order valence-electron chi connectivity index (χ2n) is 9.25. The van der Waals surface area contributed by atoms with Crippen LogP contribution in [0.2, 0.25) is 0 Å². The Morgan fingerprint density at radius 3 is 2.45 bits per heavy atom. The fraction of sp³-hybridized carbons (Fsp3) is 0.400. The summed E-state index contributed by atoms with van der Waals surface area (Å²) in [5.41, 5.74) is 3.91. The van der Waals surface area contributed by atoms with Crippen LogP contribution in [0.1, 0.15) is 51.6 Å². The van der Waals surface area contributed by atoms with Gasteiger partial charge in [-0.15, -0.1) is 0 Å². The molecule has 0 bridgehead atoms. The van der Waals surface area contributed by atoms with Gasteiger partial charge in [0.1, 0.15) is 18.4 Å². The third-order valence-corrected chi connectivity index (χ3v) is 7.45. The van der Waals surface area contributed by atoms with E-state index in [1.807, 2.05) is 45.0 Å². The van der Waals surface area contributed by atoms with E-state index in [4.69, 9.17) is 4.74 Å². The number of halogens is 2. The minimum atomic E-state index is -2.55. The van der Waals surface area contributed by atoms with Crippen molar-refractivity contribution < 1.29 is 18.1 Å². The zero-order valence-corrected chi connectivity index (χ0v) is 19.8. The van der Waals surface area contributed by atoms with Gasteiger partial charge in [-0.05, 0) is 69.9 Å². The molecule has 174 valence electrons. The quantitative estimate of drug-likeness (QED) is 0.373. The summed E-state index contributed by atoms with van der Waals surface area (Å²) in [6.07, 6.45) is 0.570. The highest BCUT2D eigenvalue weighted by molar-refractivity contribution is 7.94. The summed E-state index contributed by atoms with van der Waals surface area (Å²) in [6, 6.07) is 15.5. The van der Waals surface area contributed by atoms with Gasteiger partial charge in [0.05, 0.1) is 22.5 Å². The summed E-state index contributed by atoms with van der Waals surface area (Å²) < 4.78 is 45.9. The molecule has 1 saturated carbocycles. The van der Waals surface area contributed by atoms with E-state index >= 15 is 0 Å². The van der Waals surface area contributed by atoms with Crippen LogP contribution in [0.3, 0.4) is 0 Å². The standard InChI is InChI=1S/C25H28F2N3O2S/c1-25(2,3)33(31)29-17-9-7-16(8-10-17)24-21(14-28)20-12-11-19(32-15-23(26)27)13-22(20)30(24)18-5-4-6-18/h7-13,18,23,29,31H,4-6,15H2,1-3H3/q+1. The molecule has 0 radical (unpaired) electrons. The molecular weight excluding hydrogens is 444 g/mol. The van der Waals surface area contributed by atoms with Crippen molar-refractivity contribution in [3.8, 4) is 23.1 Å². The number of hydrogen-bond acceptors (Lipinski definition) is 4. The van der Waals surface area contributed by atoms with Crippen LogP contribution in [0, 0.1) is 11.3 Å². The monoisotopic (exact) mass is 472 g/mol. The highest BCUT2D eigenvalue weighted by Crippen LogP contribution is 2.43. The third-order valence-electron chi connectivity index (χ3n) is 5.86. The molecule has 8 heteroatoms. The predicted octanol–water partition coefficient (Wildman–Crippen LogP) is 6.77. The molecule has 33 heavy (non-hydrogen) atoms. The van der Waals surface area contributed by atoms with Crippen LogP contribution in [0.15, 0.2) is 42.5 Å². The minimum Gasteiger partial charge on any atom is -0.488 e. The van der Waals surface area contributed by atoms with E-state index in [-0.39, 0.29) is 10.8 Å². The molecule has 1 unspecified atom stereocenters. The maximum absolute atomic E-state index is 12.6. The maximum atomic E-state index is 12.6. The Balaban J connectivity index is 1.77. The van der Waals surface area contributed by atoms with Crippen molar-refractivity contribution in [2.24, 2.45) is 0 Å². The number of aromatic nitrogens is 1. The van der Waals surface area contributed by atoms with Crippen LogP contribution in [-0.2, 0) is 11.4 Å². The normalized spacial score (nSPS) is 15.3. The summed E-state index contributed by atoms with van der Waals surface area (Å²) in [6.45, 7) is 5.23. The van der Waals surface area contributed by atoms with Crippen LogP contribution in [-0.4, -0.2) is 26.9 Å². The van der Waals surface area contributed by atoms with Gasteiger partial charge in [-0.3, -0.25) is 0 Å². The van der Waals surface area contributed by atoms with Crippen molar-refractivity contribution in [1.82, 2.24) is 4.57 Å². The van der Waals surface area contributed by atoms with Gasteiger partial charge in [0.2, 0.25) is 0 Å². The van der Waals surface area contributed by atoms with Gasteiger partial charge in [0, 0.05) is 17.5 Å². The minimum absolute atomic E-state index is 0.247. The lowest BCUT2D eigenvalue weighted by atomic mass is 9.92. The summed E-state index contributed by atoms with van der Waals surface area (Å²) >= 11 is -0.995. The molecule has 1 aliphatic rings. The van der Waals surface area contributed by atoms with Gasteiger partial charge < -0.3 is 9.30 Å². The van der Waals surface area contributed by atoms with Crippen LogP contribution in [0.5, 0.6) is 5.75 Å². The number of benzene rings is 2. The molecule has 4 rings (SSSR count). The molecule has 0 amide bonds. The number of hydrogen-bond donors (Lipinski definition) is 2. The number of nitrogens with one attached hydrogen (secondary N) is 1. The fourth-order valence-electron chi connectivity index (χ4n) is 3.92. The van der Waals surface area contributed by atoms with Gasteiger partial charge in [-0.25, -0.2) is 8.78 Å². The summed E-state index contributed by atoms with van der Waals surface area (Å²) in [5.74, 6) is 0.369. The number of alkyl halides is 2. The van der Waals surface area contributed by atoms with Gasteiger partial charge in [0.15, 0.2) is 4.75 Å². The van der Waals surface area contributed by atoms with Gasteiger partial charge in [-0.1, -0.05) is 12.1 Å². The van der Waals surface area contributed by atoms with E-state index in [2.05, 4.69) is 15.4 Å². The van der Waals surface area contributed by atoms with Crippen LogP contribution >= 0.6 is 0 Å². The number of fused-ring (bicyclic) bond motifs is 1. The lowest BCUT2D eigenvalue weighted by Gasteiger charge is -2.30. The average Bonchev–Trinajstić information content (AvgIpc) is 3.04. The first kappa shape index (κ1) is 23.4. The van der Waals surface area contributed by atoms with E-state index in [9.17, 15) is 18.6 Å². The number of ether oxygens (including phenoxy) is 1. The summed E-state index contributed by atoms with van der Waals surface area (Å²) in [5, 5.41) is 10.8. The summed E-state index contributed by atoms with van der Waals surface area (Å²) in [7, 11) is 0. The Bertz CT molecular complexity index is 1180. The Hall–Kier alpha value is -2.76. The third kappa shape index (κ3) is 4.80. The molecule has 0 saturated heterocycles. The maximum Gasteiger partial charge on any atom is 0.272 e. The second-order valence-corrected chi connectivity index (χ2v) is 11.2. The SMILES string of the molecule is CC(C)(C)[S+](O)Nc1ccc(-c2c(C#N)c3ccc(OCC(F)F)cc3n2C2CCC2)cc1. The Morgan fingerprint density at radius 1 is 1.21 bits per heavy atom. The molecule has 5 nitrogen and oxygen atoms in total. The first-order valence-corrected chi connectivity index (χ1v) is 12.2. The first-order chi connectivity index (χ1) is 15.7. The van der Waals surface area contributed by atoms with Crippen molar-refractivity contribution in [2.45, 2.75) is 57.2 Å². The van der Waals surface area contributed by atoms with Gasteiger partial charge in [-0.2, -0.15) is 14.5 Å². The highest BCUT2D eigenvalue weighted by atomic mass is 32.2. The smallest absolute Gasteiger partial charge is 0.272 e. The highest BCUT2D eigenvalue weighted by Gasteiger charge is 2.35. The topological polar surface area (TPSA) is 70.2 Å². The Kier molecular flexibility index (Phi) is 6.55. The van der Waals surface area contributed by atoms with Crippen molar-refractivity contribution in [3.05, 3.63) is 48.0 Å². The van der Waals surface area contributed by atoms with Crippen LogP contribution < -0.4 is 9.46 Å². The number of rotatable bonds is 7. The van der Waals surface area contributed by atoms with Crippen molar-refractivity contribution in [3.63, 3.8) is 0 Å². The number of nitrogens with zero attached hydrogens (tertiary/aromatic N) is 2. The Labute approximate surface area is 195 Å². The van der Waals surface area contributed by atoms with Gasteiger partial charge >= 0.3 is 0 Å². The van der Waals surface area contributed by atoms with Crippen molar-refractivity contribution in [1.29, 1.82) is 5.26 Å². The molecule has 1 heterocycles. The molecule has 0 spiro atoms. The predicted molar refractivity (Wildman–Crippen MR) is 130 cm³/mol. The average molecular weight is 473 g/mol. The number of anilines is 1. The Morgan fingerprint density at radius 2 is 1.91 bits per heavy atom. The molecule has 2 N–H and O–H groups in total. The molecule has 0 aliphatic heterocycles. The van der Waals surface area contributed by atoms with E-state index in [0.717, 1.165) is 47.1 Å².